The lowest BCUT2D eigenvalue weighted by molar-refractivity contribution is -0.121. The Morgan fingerprint density at radius 1 is 1.67 bits per heavy atom. The van der Waals surface area contributed by atoms with E-state index >= 15 is 0 Å². The normalized spacial score (nSPS) is 22.6. The molecule has 1 fully saturated rings. The van der Waals surface area contributed by atoms with Gasteiger partial charge in [-0.15, -0.1) is 0 Å². The highest BCUT2D eigenvalue weighted by Gasteiger charge is 2.16. The topological polar surface area (TPSA) is 38.3 Å². The van der Waals surface area contributed by atoms with E-state index in [0.717, 1.165) is 32.4 Å². The van der Waals surface area contributed by atoms with Crippen LogP contribution >= 0.6 is 0 Å². The van der Waals surface area contributed by atoms with Crippen molar-refractivity contribution < 1.29 is 9.53 Å². The van der Waals surface area contributed by atoms with Crippen LogP contribution in [0.25, 0.3) is 0 Å². The summed E-state index contributed by atoms with van der Waals surface area (Å²) in [5.74, 6) is 0.146. The van der Waals surface area contributed by atoms with Crippen molar-refractivity contribution in [3.8, 4) is 0 Å². The van der Waals surface area contributed by atoms with Crippen molar-refractivity contribution in [1.29, 1.82) is 0 Å². The summed E-state index contributed by atoms with van der Waals surface area (Å²) in [5.41, 5.74) is 0. The number of carbonyl (C=O) groups is 1. The molecule has 1 rings (SSSR count). The Morgan fingerprint density at radius 2 is 2.50 bits per heavy atom. The second-order valence-corrected chi connectivity index (χ2v) is 3.13. The number of hydrogen-bond donors (Lipinski definition) is 1. The highest BCUT2D eigenvalue weighted by Crippen LogP contribution is 2.16. The van der Waals surface area contributed by atoms with Crippen LogP contribution in [0.5, 0.6) is 0 Å². The predicted molar refractivity (Wildman–Crippen MR) is 46.9 cm³/mol. The first-order valence-electron chi connectivity index (χ1n) is 4.71. The van der Waals surface area contributed by atoms with Crippen LogP contribution in [0.2, 0.25) is 0 Å². The standard InChI is InChI=1S/C9H17NO2/c1-2-10-9(11)6-5-8-4-3-7-12-8/h8H,2-7H2,1H3,(H,10,11). The maximum Gasteiger partial charge on any atom is 0.220 e. The zero-order valence-electron chi connectivity index (χ0n) is 7.64. The molecule has 1 aliphatic rings. The summed E-state index contributed by atoms with van der Waals surface area (Å²) in [6.45, 7) is 3.54. The first-order chi connectivity index (χ1) is 5.83. The molecular weight excluding hydrogens is 154 g/mol. The molecule has 0 aromatic carbocycles. The predicted octanol–water partition coefficient (Wildman–Crippen LogP) is 1.08. The average molecular weight is 171 g/mol. The Bertz CT molecular complexity index is 141. The molecule has 0 spiro atoms. The minimum Gasteiger partial charge on any atom is -0.378 e. The van der Waals surface area contributed by atoms with Crippen LogP contribution in [0.3, 0.4) is 0 Å². The molecule has 0 radical (unpaired) electrons. The zero-order valence-corrected chi connectivity index (χ0v) is 7.64. The monoisotopic (exact) mass is 171 g/mol. The molecule has 3 nitrogen and oxygen atoms in total. The maximum atomic E-state index is 11.0. The van der Waals surface area contributed by atoms with E-state index in [-0.39, 0.29) is 5.91 Å². The Kier molecular flexibility index (Phi) is 4.08. The van der Waals surface area contributed by atoms with Crippen molar-refractivity contribution >= 4 is 5.91 Å². The molecule has 1 atom stereocenters. The minimum atomic E-state index is 0.146. The third-order valence-electron chi connectivity index (χ3n) is 2.09. The molecule has 1 amide bonds. The molecule has 1 aliphatic heterocycles. The van der Waals surface area contributed by atoms with E-state index < -0.39 is 0 Å². The molecule has 0 bridgehead atoms. The van der Waals surface area contributed by atoms with E-state index in [1.54, 1.807) is 0 Å². The van der Waals surface area contributed by atoms with Crippen LogP contribution in [0.1, 0.15) is 32.6 Å². The lowest BCUT2D eigenvalue weighted by Gasteiger charge is -2.07. The molecule has 0 saturated carbocycles. The number of nitrogens with one attached hydrogen (secondary N) is 1. The summed E-state index contributed by atoms with van der Waals surface area (Å²) in [6.07, 6.45) is 4.11. The Balaban J connectivity index is 2.03. The second-order valence-electron chi connectivity index (χ2n) is 3.13. The minimum absolute atomic E-state index is 0.146. The number of hydrogen-bond acceptors (Lipinski definition) is 2. The first-order valence-corrected chi connectivity index (χ1v) is 4.71. The van der Waals surface area contributed by atoms with Crippen LogP contribution in [0.4, 0.5) is 0 Å². The van der Waals surface area contributed by atoms with E-state index in [0.29, 0.717) is 12.5 Å². The number of ether oxygens (including phenoxy) is 1. The van der Waals surface area contributed by atoms with Gasteiger partial charge in [-0.1, -0.05) is 0 Å². The van der Waals surface area contributed by atoms with Gasteiger partial charge in [-0.25, -0.2) is 0 Å². The highest BCUT2D eigenvalue weighted by molar-refractivity contribution is 5.75. The number of rotatable bonds is 4. The molecule has 1 saturated heterocycles. The average Bonchev–Trinajstić information content (AvgIpc) is 2.53. The fourth-order valence-electron chi connectivity index (χ4n) is 1.45. The van der Waals surface area contributed by atoms with Gasteiger partial charge in [0.1, 0.15) is 0 Å². The van der Waals surface area contributed by atoms with E-state index in [2.05, 4.69) is 5.32 Å². The molecule has 0 aliphatic carbocycles. The van der Waals surface area contributed by atoms with Gasteiger partial charge in [0.15, 0.2) is 0 Å². The van der Waals surface area contributed by atoms with E-state index in [9.17, 15) is 4.79 Å². The van der Waals surface area contributed by atoms with Gasteiger partial charge < -0.3 is 10.1 Å². The molecule has 3 heteroatoms. The summed E-state index contributed by atoms with van der Waals surface area (Å²) in [5, 5.41) is 2.77. The first kappa shape index (κ1) is 9.52. The molecule has 70 valence electrons. The van der Waals surface area contributed by atoms with Crippen molar-refractivity contribution in [2.45, 2.75) is 38.7 Å². The van der Waals surface area contributed by atoms with E-state index in [1.807, 2.05) is 6.92 Å². The van der Waals surface area contributed by atoms with Gasteiger partial charge in [0.05, 0.1) is 6.10 Å². The van der Waals surface area contributed by atoms with Gasteiger partial charge in [0.2, 0.25) is 5.91 Å². The van der Waals surface area contributed by atoms with Crippen molar-refractivity contribution in [3.63, 3.8) is 0 Å². The summed E-state index contributed by atoms with van der Waals surface area (Å²) < 4.78 is 5.40. The fraction of sp³-hybridized carbons (Fsp3) is 0.889. The van der Waals surface area contributed by atoms with Crippen LogP contribution in [-0.4, -0.2) is 25.2 Å². The Hall–Kier alpha value is -0.570. The van der Waals surface area contributed by atoms with Crippen LogP contribution < -0.4 is 5.32 Å². The van der Waals surface area contributed by atoms with Crippen molar-refractivity contribution in [3.05, 3.63) is 0 Å². The van der Waals surface area contributed by atoms with Gasteiger partial charge in [-0.05, 0) is 26.2 Å². The second kappa shape index (κ2) is 5.14. The lowest BCUT2D eigenvalue weighted by Crippen LogP contribution is -2.23. The van der Waals surface area contributed by atoms with Crippen LogP contribution in [0.15, 0.2) is 0 Å². The van der Waals surface area contributed by atoms with Gasteiger partial charge in [0.25, 0.3) is 0 Å². The van der Waals surface area contributed by atoms with Gasteiger partial charge in [-0.2, -0.15) is 0 Å². The molecule has 1 heterocycles. The molecular formula is C9H17NO2. The summed E-state index contributed by atoms with van der Waals surface area (Å²) in [7, 11) is 0. The Morgan fingerprint density at radius 3 is 3.08 bits per heavy atom. The highest BCUT2D eigenvalue weighted by atomic mass is 16.5. The summed E-state index contributed by atoms with van der Waals surface area (Å²) in [4.78, 5) is 11.0. The fourth-order valence-corrected chi connectivity index (χ4v) is 1.45. The van der Waals surface area contributed by atoms with Crippen LogP contribution in [-0.2, 0) is 9.53 Å². The van der Waals surface area contributed by atoms with Crippen molar-refractivity contribution in [2.75, 3.05) is 13.2 Å². The smallest absolute Gasteiger partial charge is 0.220 e. The third kappa shape index (κ3) is 3.22. The quantitative estimate of drug-likeness (QED) is 0.687. The molecule has 0 aromatic rings. The number of amides is 1. The molecule has 1 unspecified atom stereocenters. The Labute approximate surface area is 73.5 Å². The van der Waals surface area contributed by atoms with Gasteiger partial charge >= 0.3 is 0 Å². The third-order valence-corrected chi connectivity index (χ3v) is 2.09. The lowest BCUT2D eigenvalue weighted by atomic mass is 10.1. The molecule has 0 aromatic heterocycles. The van der Waals surface area contributed by atoms with Crippen LogP contribution in [0, 0.1) is 0 Å². The van der Waals surface area contributed by atoms with E-state index in [1.165, 1.54) is 0 Å². The largest absolute Gasteiger partial charge is 0.378 e. The van der Waals surface area contributed by atoms with E-state index in [4.69, 9.17) is 4.74 Å². The summed E-state index contributed by atoms with van der Waals surface area (Å²) in [6, 6.07) is 0. The SMILES string of the molecule is CCNC(=O)CCC1CCCO1. The molecule has 12 heavy (non-hydrogen) atoms. The van der Waals surface area contributed by atoms with Gasteiger partial charge in [0, 0.05) is 19.6 Å². The van der Waals surface area contributed by atoms with Crippen molar-refractivity contribution in [1.82, 2.24) is 5.32 Å². The summed E-state index contributed by atoms with van der Waals surface area (Å²) >= 11 is 0. The van der Waals surface area contributed by atoms with Crippen molar-refractivity contribution in [2.24, 2.45) is 0 Å². The van der Waals surface area contributed by atoms with Gasteiger partial charge in [-0.3, -0.25) is 4.79 Å². The number of carbonyl (C=O) groups excluding carboxylic acids is 1. The maximum absolute atomic E-state index is 11.0. The zero-order chi connectivity index (χ0) is 8.81. The molecule has 1 N–H and O–H groups in total.